The van der Waals surface area contributed by atoms with Crippen molar-refractivity contribution in [2.75, 3.05) is 13.1 Å². The summed E-state index contributed by atoms with van der Waals surface area (Å²) in [5, 5.41) is 13.9. The van der Waals surface area contributed by atoms with Crippen LogP contribution in [0, 0.1) is 5.92 Å². The van der Waals surface area contributed by atoms with Gasteiger partial charge in [0.05, 0.1) is 5.60 Å². The average Bonchev–Trinajstić information content (AvgIpc) is 2.28. The Hall–Kier alpha value is -0.0800. The van der Waals surface area contributed by atoms with Crippen LogP contribution in [0.2, 0.25) is 0 Å². The Morgan fingerprint density at radius 3 is 2.56 bits per heavy atom. The van der Waals surface area contributed by atoms with Gasteiger partial charge in [-0.05, 0) is 25.3 Å². The molecular formula is C14H29NO. The molecule has 1 aliphatic rings. The molecule has 2 nitrogen and oxygen atoms in total. The third-order valence-corrected chi connectivity index (χ3v) is 4.07. The number of nitrogens with one attached hydrogen (secondary N) is 1. The van der Waals surface area contributed by atoms with Crippen molar-refractivity contribution in [2.24, 2.45) is 5.92 Å². The van der Waals surface area contributed by atoms with Crippen LogP contribution >= 0.6 is 0 Å². The van der Waals surface area contributed by atoms with E-state index < -0.39 is 0 Å². The van der Waals surface area contributed by atoms with Crippen LogP contribution in [-0.2, 0) is 0 Å². The number of aliphatic hydroxyl groups is 1. The highest BCUT2D eigenvalue weighted by atomic mass is 16.3. The Morgan fingerprint density at radius 1 is 1.19 bits per heavy atom. The predicted molar refractivity (Wildman–Crippen MR) is 69.6 cm³/mol. The quantitative estimate of drug-likeness (QED) is 0.655. The third kappa shape index (κ3) is 4.42. The van der Waals surface area contributed by atoms with Crippen LogP contribution in [0.1, 0.15) is 65.2 Å². The maximum absolute atomic E-state index is 10.5. The van der Waals surface area contributed by atoms with E-state index in [9.17, 15) is 5.11 Å². The number of rotatable bonds is 7. The first kappa shape index (κ1) is 14.0. The summed E-state index contributed by atoms with van der Waals surface area (Å²) in [5.74, 6) is 0.414. The Kier molecular flexibility index (Phi) is 6.37. The van der Waals surface area contributed by atoms with E-state index in [0.717, 1.165) is 25.9 Å². The number of unbranched alkanes of at least 4 members (excludes halogenated alkanes) is 5. The Balaban J connectivity index is 2.10. The van der Waals surface area contributed by atoms with Gasteiger partial charge in [0, 0.05) is 6.54 Å². The van der Waals surface area contributed by atoms with Crippen molar-refractivity contribution < 1.29 is 5.11 Å². The van der Waals surface area contributed by atoms with Crippen molar-refractivity contribution in [2.45, 2.75) is 70.8 Å². The number of hydrogen-bond donors (Lipinski definition) is 2. The van der Waals surface area contributed by atoms with E-state index in [1.807, 2.05) is 0 Å². The zero-order chi connectivity index (χ0) is 11.9. The highest BCUT2D eigenvalue weighted by Crippen LogP contribution is 2.29. The van der Waals surface area contributed by atoms with E-state index in [1.54, 1.807) is 0 Å². The van der Waals surface area contributed by atoms with Gasteiger partial charge in [0.1, 0.15) is 0 Å². The van der Waals surface area contributed by atoms with Crippen molar-refractivity contribution in [1.29, 1.82) is 0 Å². The molecule has 0 aromatic heterocycles. The van der Waals surface area contributed by atoms with Gasteiger partial charge in [0.15, 0.2) is 0 Å². The first-order valence-electron chi connectivity index (χ1n) is 7.12. The standard InChI is InChI=1S/C14H29NO/c1-3-4-5-6-7-8-9-14(16)10-11-15-12-13(14)2/h13,15-16H,3-12H2,1-2H3. The SMILES string of the molecule is CCCCCCCCC1(O)CCNCC1C. The summed E-state index contributed by atoms with van der Waals surface area (Å²) in [4.78, 5) is 0. The molecule has 0 saturated carbocycles. The summed E-state index contributed by atoms with van der Waals surface area (Å²) in [6, 6.07) is 0. The molecule has 0 amide bonds. The molecule has 2 atom stereocenters. The lowest BCUT2D eigenvalue weighted by Crippen LogP contribution is -2.48. The van der Waals surface area contributed by atoms with E-state index in [1.165, 1.54) is 38.5 Å². The second-order valence-electron chi connectivity index (χ2n) is 5.48. The highest BCUT2D eigenvalue weighted by Gasteiger charge is 2.34. The fourth-order valence-electron chi connectivity index (χ4n) is 2.64. The van der Waals surface area contributed by atoms with Gasteiger partial charge >= 0.3 is 0 Å². The second-order valence-corrected chi connectivity index (χ2v) is 5.48. The molecular weight excluding hydrogens is 198 g/mol. The van der Waals surface area contributed by atoms with Crippen LogP contribution < -0.4 is 5.32 Å². The molecule has 0 aromatic rings. The summed E-state index contributed by atoms with van der Waals surface area (Å²) in [6.07, 6.45) is 9.82. The molecule has 1 heterocycles. The van der Waals surface area contributed by atoms with Gasteiger partial charge < -0.3 is 10.4 Å². The summed E-state index contributed by atoms with van der Waals surface area (Å²) in [5.41, 5.74) is -0.379. The molecule has 1 fully saturated rings. The van der Waals surface area contributed by atoms with Crippen LogP contribution in [0.4, 0.5) is 0 Å². The molecule has 1 aliphatic heterocycles. The van der Waals surface area contributed by atoms with Gasteiger partial charge in [-0.15, -0.1) is 0 Å². The van der Waals surface area contributed by atoms with E-state index in [0.29, 0.717) is 5.92 Å². The number of piperidine rings is 1. The minimum Gasteiger partial charge on any atom is -0.390 e. The molecule has 0 radical (unpaired) electrons. The van der Waals surface area contributed by atoms with Gasteiger partial charge in [-0.2, -0.15) is 0 Å². The molecule has 0 aliphatic carbocycles. The van der Waals surface area contributed by atoms with E-state index >= 15 is 0 Å². The lowest BCUT2D eigenvalue weighted by molar-refractivity contribution is -0.0422. The number of hydrogen-bond acceptors (Lipinski definition) is 2. The smallest absolute Gasteiger partial charge is 0.0697 e. The van der Waals surface area contributed by atoms with E-state index in [-0.39, 0.29) is 5.60 Å². The fraction of sp³-hybridized carbons (Fsp3) is 1.00. The normalized spacial score (nSPS) is 30.6. The van der Waals surface area contributed by atoms with Crippen molar-refractivity contribution in [3.05, 3.63) is 0 Å². The fourth-order valence-corrected chi connectivity index (χ4v) is 2.64. The van der Waals surface area contributed by atoms with E-state index in [2.05, 4.69) is 19.2 Å². The van der Waals surface area contributed by atoms with Gasteiger partial charge in [-0.1, -0.05) is 52.4 Å². The molecule has 2 heteroatoms. The monoisotopic (exact) mass is 227 g/mol. The summed E-state index contributed by atoms with van der Waals surface area (Å²) in [7, 11) is 0. The Labute approximate surface area is 101 Å². The minimum atomic E-state index is -0.379. The molecule has 2 N–H and O–H groups in total. The van der Waals surface area contributed by atoms with Crippen LogP contribution in [0.15, 0.2) is 0 Å². The van der Waals surface area contributed by atoms with Crippen LogP contribution in [0.25, 0.3) is 0 Å². The summed E-state index contributed by atoms with van der Waals surface area (Å²) in [6.45, 7) is 6.38. The van der Waals surface area contributed by atoms with Crippen LogP contribution in [0.3, 0.4) is 0 Å². The first-order chi connectivity index (χ1) is 7.69. The molecule has 0 spiro atoms. The van der Waals surface area contributed by atoms with E-state index in [4.69, 9.17) is 0 Å². The highest BCUT2D eigenvalue weighted by molar-refractivity contribution is 4.89. The Morgan fingerprint density at radius 2 is 1.88 bits per heavy atom. The van der Waals surface area contributed by atoms with Crippen LogP contribution in [-0.4, -0.2) is 23.8 Å². The Bertz CT molecular complexity index is 184. The van der Waals surface area contributed by atoms with Crippen LogP contribution in [0.5, 0.6) is 0 Å². The maximum Gasteiger partial charge on any atom is 0.0697 e. The van der Waals surface area contributed by atoms with Gasteiger partial charge in [-0.25, -0.2) is 0 Å². The summed E-state index contributed by atoms with van der Waals surface area (Å²) >= 11 is 0. The van der Waals surface area contributed by atoms with Crippen molar-refractivity contribution in [1.82, 2.24) is 5.32 Å². The third-order valence-electron chi connectivity index (χ3n) is 4.07. The molecule has 96 valence electrons. The van der Waals surface area contributed by atoms with Crippen molar-refractivity contribution in [3.8, 4) is 0 Å². The van der Waals surface area contributed by atoms with Crippen molar-refractivity contribution in [3.63, 3.8) is 0 Å². The summed E-state index contributed by atoms with van der Waals surface area (Å²) < 4.78 is 0. The topological polar surface area (TPSA) is 32.3 Å². The lowest BCUT2D eigenvalue weighted by atomic mass is 9.79. The average molecular weight is 227 g/mol. The molecule has 0 bridgehead atoms. The molecule has 1 saturated heterocycles. The van der Waals surface area contributed by atoms with Crippen molar-refractivity contribution >= 4 is 0 Å². The second kappa shape index (κ2) is 7.29. The first-order valence-corrected chi connectivity index (χ1v) is 7.12. The lowest BCUT2D eigenvalue weighted by Gasteiger charge is -2.38. The zero-order valence-electron chi connectivity index (χ0n) is 11.1. The zero-order valence-corrected chi connectivity index (χ0v) is 11.1. The molecule has 2 unspecified atom stereocenters. The van der Waals surface area contributed by atoms with Gasteiger partial charge in [0.25, 0.3) is 0 Å². The maximum atomic E-state index is 10.5. The predicted octanol–water partition coefficient (Wildman–Crippen LogP) is 3.10. The van der Waals surface area contributed by atoms with Gasteiger partial charge in [-0.3, -0.25) is 0 Å². The molecule has 1 rings (SSSR count). The minimum absolute atomic E-state index is 0.379. The van der Waals surface area contributed by atoms with Gasteiger partial charge in [0.2, 0.25) is 0 Å². The molecule has 0 aromatic carbocycles. The largest absolute Gasteiger partial charge is 0.390 e. The molecule has 16 heavy (non-hydrogen) atoms.